The van der Waals surface area contributed by atoms with Gasteiger partial charge in [0.15, 0.2) is 0 Å². The average Bonchev–Trinajstić information content (AvgIpc) is 2.57. The lowest BCUT2D eigenvalue weighted by Gasteiger charge is -2.01. The molecule has 0 spiro atoms. The molecule has 0 fully saturated rings. The van der Waals surface area contributed by atoms with Crippen molar-refractivity contribution >= 4 is 33.0 Å². The van der Waals surface area contributed by atoms with Crippen molar-refractivity contribution < 1.29 is 14.3 Å². The highest BCUT2D eigenvalue weighted by atomic mass is 79.9. The van der Waals surface area contributed by atoms with Gasteiger partial charge in [0, 0.05) is 10.9 Å². The summed E-state index contributed by atoms with van der Waals surface area (Å²) in [6.07, 6.45) is -0.713. The van der Waals surface area contributed by atoms with Gasteiger partial charge in [-0.3, -0.25) is 0 Å². The molecule has 1 aromatic carbocycles. The summed E-state index contributed by atoms with van der Waals surface area (Å²) < 4.78 is 10.4. The van der Waals surface area contributed by atoms with E-state index in [1.54, 1.807) is 6.92 Å². The highest BCUT2D eigenvalue weighted by Crippen LogP contribution is 2.33. The van der Waals surface area contributed by atoms with Gasteiger partial charge in [-0.05, 0) is 28.9 Å². The summed E-state index contributed by atoms with van der Waals surface area (Å²) in [5, 5.41) is 0.960. The predicted molar refractivity (Wildman–Crippen MR) is 63.6 cm³/mol. The lowest BCUT2D eigenvalue weighted by atomic mass is 10.3. The molecule has 0 radical (unpaired) electrons. The Bertz CT molecular complexity index is 521. The Morgan fingerprint density at radius 1 is 1.44 bits per heavy atom. The average molecular weight is 284 g/mol. The number of carbonyl (C=O) groups is 1. The largest absolute Gasteiger partial charge is 0.515 e. The van der Waals surface area contributed by atoms with Crippen LogP contribution in [-0.2, 0) is 4.74 Å². The number of ether oxygens (including phenoxy) is 2. The predicted octanol–water partition coefficient (Wildman–Crippen LogP) is 3.47. The van der Waals surface area contributed by atoms with E-state index in [1.165, 1.54) is 0 Å². The summed E-state index contributed by atoms with van der Waals surface area (Å²) in [5.74, 6) is 0.361. The molecular formula is C11H10BrNO3. The summed E-state index contributed by atoms with van der Waals surface area (Å²) in [6, 6.07) is 7.64. The SMILES string of the molecule is CCOC(=O)Oc1[nH]c2ccccc2c1Br. The van der Waals surface area contributed by atoms with Crippen LogP contribution >= 0.6 is 15.9 Å². The first-order chi connectivity index (χ1) is 7.72. The van der Waals surface area contributed by atoms with Gasteiger partial charge in [0.1, 0.15) is 0 Å². The molecule has 1 N–H and O–H groups in total. The van der Waals surface area contributed by atoms with Crippen LogP contribution in [0.2, 0.25) is 0 Å². The van der Waals surface area contributed by atoms with Crippen LogP contribution in [0.5, 0.6) is 5.88 Å². The highest BCUT2D eigenvalue weighted by molar-refractivity contribution is 9.10. The maximum atomic E-state index is 11.2. The summed E-state index contributed by atoms with van der Waals surface area (Å²) in [5.41, 5.74) is 0.897. The van der Waals surface area contributed by atoms with E-state index in [0.29, 0.717) is 5.88 Å². The molecule has 0 bridgehead atoms. The minimum absolute atomic E-state index is 0.288. The zero-order chi connectivity index (χ0) is 11.5. The second-order valence-electron chi connectivity index (χ2n) is 3.10. The number of hydrogen-bond acceptors (Lipinski definition) is 3. The summed E-state index contributed by atoms with van der Waals surface area (Å²) in [6.45, 7) is 2.01. The van der Waals surface area contributed by atoms with E-state index < -0.39 is 6.16 Å². The van der Waals surface area contributed by atoms with Crippen LogP contribution in [0.4, 0.5) is 4.79 Å². The van der Waals surface area contributed by atoms with Crippen molar-refractivity contribution in [3.05, 3.63) is 28.7 Å². The Labute approximate surface area is 101 Å². The van der Waals surface area contributed by atoms with E-state index in [1.807, 2.05) is 24.3 Å². The second kappa shape index (κ2) is 4.57. The third kappa shape index (κ3) is 2.04. The third-order valence-electron chi connectivity index (χ3n) is 2.06. The first kappa shape index (κ1) is 11.0. The van der Waals surface area contributed by atoms with Crippen LogP contribution in [0.1, 0.15) is 6.92 Å². The van der Waals surface area contributed by atoms with Gasteiger partial charge in [-0.2, -0.15) is 0 Å². The fourth-order valence-electron chi connectivity index (χ4n) is 1.38. The van der Waals surface area contributed by atoms with Crippen LogP contribution in [0.3, 0.4) is 0 Å². The molecule has 1 heterocycles. The molecule has 0 aliphatic carbocycles. The highest BCUT2D eigenvalue weighted by Gasteiger charge is 2.13. The van der Waals surface area contributed by atoms with E-state index in [4.69, 9.17) is 9.47 Å². The maximum Gasteiger partial charge on any atom is 0.515 e. The zero-order valence-electron chi connectivity index (χ0n) is 8.62. The van der Waals surface area contributed by atoms with Crippen LogP contribution < -0.4 is 4.74 Å². The molecule has 0 amide bonds. The van der Waals surface area contributed by atoms with Gasteiger partial charge in [0.05, 0.1) is 11.1 Å². The molecule has 0 aliphatic heterocycles. The van der Waals surface area contributed by atoms with Crippen molar-refractivity contribution in [3.63, 3.8) is 0 Å². The van der Waals surface area contributed by atoms with Crippen LogP contribution in [-0.4, -0.2) is 17.7 Å². The normalized spacial score (nSPS) is 10.4. The fourth-order valence-corrected chi connectivity index (χ4v) is 1.91. The Balaban J connectivity index is 2.31. The van der Waals surface area contributed by atoms with Crippen molar-refractivity contribution in [2.75, 3.05) is 6.61 Å². The van der Waals surface area contributed by atoms with Gasteiger partial charge in [-0.15, -0.1) is 0 Å². The third-order valence-corrected chi connectivity index (χ3v) is 2.85. The van der Waals surface area contributed by atoms with Crippen LogP contribution in [0, 0.1) is 0 Å². The van der Waals surface area contributed by atoms with E-state index in [9.17, 15) is 4.79 Å². The Kier molecular flexibility index (Phi) is 3.14. The number of halogens is 1. The number of H-pyrrole nitrogens is 1. The van der Waals surface area contributed by atoms with Gasteiger partial charge >= 0.3 is 6.16 Å². The molecule has 16 heavy (non-hydrogen) atoms. The smallest absolute Gasteiger partial charge is 0.434 e. The summed E-state index contributed by atoms with van der Waals surface area (Å²) in [7, 11) is 0. The monoisotopic (exact) mass is 283 g/mol. The first-order valence-corrected chi connectivity index (χ1v) is 5.62. The summed E-state index contributed by atoms with van der Waals surface area (Å²) in [4.78, 5) is 14.1. The number of para-hydroxylation sites is 1. The van der Waals surface area contributed by atoms with Gasteiger partial charge in [-0.25, -0.2) is 4.79 Å². The number of nitrogens with one attached hydrogen (secondary N) is 1. The van der Waals surface area contributed by atoms with Crippen molar-refractivity contribution in [1.82, 2.24) is 4.98 Å². The maximum absolute atomic E-state index is 11.2. The number of fused-ring (bicyclic) bond motifs is 1. The molecule has 2 aromatic rings. The van der Waals surface area contributed by atoms with Crippen molar-refractivity contribution in [2.45, 2.75) is 6.92 Å². The van der Waals surface area contributed by atoms with Crippen molar-refractivity contribution in [1.29, 1.82) is 0 Å². The van der Waals surface area contributed by atoms with E-state index >= 15 is 0 Å². The molecule has 0 saturated heterocycles. The molecule has 0 aliphatic rings. The van der Waals surface area contributed by atoms with Gasteiger partial charge in [0.2, 0.25) is 5.88 Å². The second-order valence-corrected chi connectivity index (χ2v) is 3.89. The Hall–Kier alpha value is -1.49. The molecule has 0 saturated carbocycles. The Morgan fingerprint density at radius 3 is 2.88 bits per heavy atom. The minimum Gasteiger partial charge on any atom is -0.434 e. The van der Waals surface area contributed by atoms with E-state index in [2.05, 4.69) is 20.9 Å². The fraction of sp³-hybridized carbons (Fsp3) is 0.182. The number of benzene rings is 1. The molecule has 0 unspecified atom stereocenters. The zero-order valence-corrected chi connectivity index (χ0v) is 10.2. The number of hydrogen-bond donors (Lipinski definition) is 1. The molecule has 2 rings (SSSR count). The van der Waals surface area contributed by atoms with Gasteiger partial charge < -0.3 is 14.5 Å². The first-order valence-electron chi connectivity index (χ1n) is 4.83. The van der Waals surface area contributed by atoms with Crippen molar-refractivity contribution in [2.24, 2.45) is 0 Å². The quantitative estimate of drug-likeness (QED) is 0.859. The molecule has 84 valence electrons. The van der Waals surface area contributed by atoms with Crippen LogP contribution in [0.25, 0.3) is 10.9 Å². The number of carbonyl (C=O) groups excluding carboxylic acids is 1. The van der Waals surface area contributed by atoms with Gasteiger partial charge in [-0.1, -0.05) is 18.2 Å². The molecule has 5 heteroatoms. The van der Waals surface area contributed by atoms with E-state index in [-0.39, 0.29) is 6.61 Å². The van der Waals surface area contributed by atoms with Crippen molar-refractivity contribution in [3.8, 4) is 5.88 Å². The number of aromatic nitrogens is 1. The minimum atomic E-state index is -0.713. The topological polar surface area (TPSA) is 51.3 Å². The summed E-state index contributed by atoms with van der Waals surface area (Å²) >= 11 is 3.37. The molecule has 4 nitrogen and oxygen atoms in total. The molecule has 0 atom stereocenters. The lowest BCUT2D eigenvalue weighted by molar-refractivity contribution is 0.103. The molecule has 1 aromatic heterocycles. The van der Waals surface area contributed by atoms with Gasteiger partial charge in [0.25, 0.3) is 0 Å². The number of rotatable bonds is 2. The molecular weight excluding hydrogens is 274 g/mol. The van der Waals surface area contributed by atoms with Crippen LogP contribution in [0.15, 0.2) is 28.7 Å². The Morgan fingerprint density at radius 2 is 2.19 bits per heavy atom. The lowest BCUT2D eigenvalue weighted by Crippen LogP contribution is -2.10. The van der Waals surface area contributed by atoms with E-state index in [0.717, 1.165) is 15.4 Å². The number of aromatic amines is 1. The standard InChI is InChI=1S/C11H10BrNO3/c1-2-15-11(14)16-10-9(12)7-5-3-4-6-8(7)13-10/h3-6,13H,2H2,1H3.